The molecule has 40 heavy (non-hydrogen) atoms. The minimum atomic E-state index is 0.307. The first-order chi connectivity index (χ1) is 19.8. The van der Waals surface area contributed by atoms with Gasteiger partial charge in [-0.3, -0.25) is 9.80 Å². The first-order valence-corrected chi connectivity index (χ1v) is 14.3. The van der Waals surface area contributed by atoms with E-state index in [0.717, 1.165) is 62.9 Å². The fourth-order valence-electron chi connectivity index (χ4n) is 5.68. The molecular weight excluding hydrogens is 490 g/mol. The van der Waals surface area contributed by atoms with Gasteiger partial charge in [-0.15, -0.1) is 0 Å². The van der Waals surface area contributed by atoms with E-state index in [1.54, 1.807) is 0 Å². The van der Waals surface area contributed by atoms with Crippen LogP contribution in [-0.4, -0.2) is 58.8 Å². The normalized spacial score (nSPS) is 14.5. The van der Waals surface area contributed by atoms with Crippen molar-refractivity contribution in [3.05, 3.63) is 144 Å². The molecule has 5 aromatic rings. The van der Waals surface area contributed by atoms with Crippen LogP contribution in [0.15, 0.2) is 127 Å². The number of piperazine rings is 1. The second-order valence-corrected chi connectivity index (χ2v) is 10.4. The molecule has 1 saturated heterocycles. The lowest BCUT2D eigenvalue weighted by Gasteiger charge is -2.39. The van der Waals surface area contributed by atoms with Gasteiger partial charge in [0.1, 0.15) is 0 Å². The van der Waals surface area contributed by atoms with Crippen molar-refractivity contribution >= 4 is 0 Å². The van der Waals surface area contributed by atoms with Gasteiger partial charge in [0.15, 0.2) is 0 Å². The second kappa shape index (κ2) is 12.9. The number of rotatable bonds is 10. The fourth-order valence-corrected chi connectivity index (χ4v) is 5.68. The molecule has 0 unspecified atom stereocenters. The van der Waals surface area contributed by atoms with Gasteiger partial charge in [0.05, 0.1) is 23.1 Å². The summed E-state index contributed by atoms with van der Waals surface area (Å²) in [5.74, 6) is 0. The van der Waals surface area contributed by atoms with E-state index >= 15 is 0 Å². The fraction of sp³-hybridized carbons (Fsp3) is 0.229. The van der Waals surface area contributed by atoms with Crippen molar-refractivity contribution in [3.8, 4) is 16.9 Å². The Balaban J connectivity index is 1.04. The first kappa shape index (κ1) is 26.2. The minimum absolute atomic E-state index is 0.307. The predicted octanol–water partition coefficient (Wildman–Crippen LogP) is 6.04. The number of nitrogens with one attached hydrogen (secondary N) is 1. The van der Waals surface area contributed by atoms with Gasteiger partial charge in [0, 0.05) is 51.4 Å². The second-order valence-electron chi connectivity index (χ2n) is 10.4. The van der Waals surface area contributed by atoms with Crippen molar-refractivity contribution in [1.29, 1.82) is 0 Å². The Morgan fingerprint density at radius 2 is 1.20 bits per heavy atom. The van der Waals surface area contributed by atoms with Gasteiger partial charge in [-0.05, 0) is 29.3 Å². The average Bonchev–Trinajstić information content (AvgIpc) is 3.46. The largest absolute Gasteiger partial charge is 0.310 e. The summed E-state index contributed by atoms with van der Waals surface area (Å²) in [4.78, 5) is 5.21. The lowest BCUT2D eigenvalue weighted by molar-refractivity contribution is 0.110. The van der Waals surface area contributed by atoms with E-state index in [1.807, 2.05) is 6.07 Å². The highest BCUT2D eigenvalue weighted by Gasteiger charge is 2.26. The molecule has 5 heteroatoms. The van der Waals surface area contributed by atoms with E-state index in [1.165, 1.54) is 16.7 Å². The van der Waals surface area contributed by atoms with E-state index in [2.05, 4.69) is 141 Å². The third kappa shape index (κ3) is 6.23. The summed E-state index contributed by atoms with van der Waals surface area (Å²) in [5.41, 5.74) is 7.16. The Morgan fingerprint density at radius 1 is 0.650 bits per heavy atom. The van der Waals surface area contributed by atoms with Gasteiger partial charge in [0.2, 0.25) is 0 Å². The van der Waals surface area contributed by atoms with Crippen molar-refractivity contribution in [3.63, 3.8) is 0 Å². The molecule has 202 valence electrons. The summed E-state index contributed by atoms with van der Waals surface area (Å²) in [7, 11) is 0. The van der Waals surface area contributed by atoms with Crippen LogP contribution in [0.4, 0.5) is 0 Å². The van der Waals surface area contributed by atoms with Crippen molar-refractivity contribution in [1.82, 2.24) is 24.9 Å². The molecule has 1 N–H and O–H groups in total. The third-order valence-corrected chi connectivity index (χ3v) is 7.74. The number of para-hydroxylation sites is 1. The summed E-state index contributed by atoms with van der Waals surface area (Å²) in [6, 6.07) is 45.3. The number of nitrogens with zero attached hydrogens (tertiary/aromatic N) is 4. The summed E-state index contributed by atoms with van der Waals surface area (Å²) in [5, 5.41) is 8.61. The summed E-state index contributed by atoms with van der Waals surface area (Å²) in [6.07, 6.45) is 0. The summed E-state index contributed by atoms with van der Waals surface area (Å²) in [6.45, 7) is 7.04. The number of hydrogen-bond donors (Lipinski definition) is 1. The highest BCUT2D eigenvalue weighted by atomic mass is 15.3. The van der Waals surface area contributed by atoms with Crippen LogP contribution >= 0.6 is 0 Å². The maximum Gasteiger partial charge on any atom is 0.0773 e. The number of benzene rings is 4. The van der Waals surface area contributed by atoms with Crippen LogP contribution in [0.1, 0.15) is 22.9 Å². The Labute approximate surface area is 237 Å². The zero-order chi connectivity index (χ0) is 27.0. The minimum Gasteiger partial charge on any atom is -0.310 e. The zero-order valence-corrected chi connectivity index (χ0v) is 22.9. The molecule has 0 saturated carbocycles. The van der Waals surface area contributed by atoms with Crippen molar-refractivity contribution < 1.29 is 0 Å². The van der Waals surface area contributed by atoms with E-state index in [-0.39, 0.29) is 0 Å². The molecule has 0 radical (unpaired) electrons. The molecule has 0 aliphatic carbocycles. The van der Waals surface area contributed by atoms with Crippen LogP contribution in [0.3, 0.4) is 0 Å². The molecule has 0 spiro atoms. The van der Waals surface area contributed by atoms with Crippen LogP contribution in [0.2, 0.25) is 0 Å². The first-order valence-electron chi connectivity index (χ1n) is 14.3. The number of hydrogen-bond acceptors (Lipinski definition) is 4. The third-order valence-electron chi connectivity index (χ3n) is 7.74. The van der Waals surface area contributed by atoms with Gasteiger partial charge in [-0.25, -0.2) is 4.68 Å². The zero-order valence-electron chi connectivity index (χ0n) is 22.9. The summed E-state index contributed by atoms with van der Waals surface area (Å²) >= 11 is 0. The maximum absolute atomic E-state index is 4.96. The van der Waals surface area contributed by atoms with Gasteiger partial charge in [-0.1, -0.05) is 109 Å². The summed E-state index contributed by atoms with van der Waals surface area (Å²) < 4.78 is 2.06. The molecule has 1 aromatic heterocycles. The van der Waals surface area contributed by atoms with Crippen LogP contribution in [0.25, 0.3) is 16.9 Å². The molecule has 2 heterocycles. The van der Waals surface area contributed by atoms with E-state index in [0.29, 0.717) is 6.04 Å². The smallest absolute Gasteiger partial charge is 0.0773 e. The molecule has 0 atom stereocenters. The molecule has 4 aromatic carbocycles. The van der Waals surface area contributed by atoms with Crippen molar-refractivity contribution in [2.75, 3.05) is 39.3 Å². The lowest BCUT2D eigenvalue weighted by Crippen LogP contribution is -2.49. The quantitative estimate of drug-likeness (QED) is 0.225. The topological polar surface area (TPSA) is 36.3 Å². The van der Waals surface area contributed by atoms with Gasteiger partial charge >= 0.3 is 0 Å². The molecule has 1 aliphatic heterocycles. The van der Waals surface area contributed by atoms with E-state index in [9.17, 15) is 0 Å². The Morgan fingerprint density at radius 3 is 1.80 bits per heavy atom. The molecule has 1 aliphatic rings. The Kier molecular flexibility index (Phi) is 8.44. The van der Waals surface area contributed by atoms with Crippen LogP contribution < -0.4 is 5.32 Å². The molecule has 0 amide bonds. The molecule has 5 nitrogen and oxygen atoms in total. The van der Waals surface area contributed by atoms with E-state index < -0.39 is 0 Å². The van der Waals surface area contributed by atoms with Crippen molar-refractivity contribution in [2.24, 2.45) is 0 Å². The molecular formula is C35H37N5. The maximum atomic E-state index is 4.96. The average molecular weight is 528 g/mol. The lowest BCUT2D eigenvalue weighted by atomic mass is 9.96. The van der Waals surface area contributed by atoms with Gasteiger partial charge < -0.3 is 5.32 Å². The van der Waals surface area contributed by atoms with Gasteiger partial charge in [0.25, 0.3) is 0 Å². The standard InChI is InChI=1S/C35H37N5/c1-5-13-29(14-6-1)34-27-32(37-40(34)33-19-11-4-12-20-33)28-36-21-22-38-23-25-39(26-24-38)35(30-15-7-2-8-16-30)31-17-9-3-10-18-31/h1-20,27,35-36H,21-26,28H2. The molecule has 0 bridgehead atoms. The Hall–Kier alpha value is -4.03. The van der Waals surface area contributed by atoms with Gasteiger partial charge in [-0.2, -0.15) is 5.10 Å². The SMILES string of the molecule is c1ccc(-c2cc(CNCCN3CCN(C(c4ccccc4)c4ccccc4)CC3)nn2-c2ccccc2)cc1. The van der Waals surface area contributed by atoms with Crippen molar-refractivity contribution in [2.45, 2.75) is 12.6 Å². The van der Waals surface area contributed by atoms with E-state index in [4.69, 9.17) is 5.10 Å². The predicted molar refractivity (Wildman–Crippen MR) is 163 cm³/mol. The van der Waals surface area contributed by atoms with Crippen LogP contribution in [0, 0.1) is 0 Å². The Bertz CT molecular complexity index is 1350. The van der Waals surface area contributed by atoms with Crippen LogP contribution in [0.5, 0.6) is 0 Å². The van der Waals surface area contributed by atoms with Crippen LogP contribution in [-0.2, 0) is 6.54 Å². The highest BCUT2D eigenvalue weighted by molar-refractivity contribution is 5.62. The highest BCUT2D eigenvalue weighted by Crippen LogP contribution is 2.29. The monoisotopic (exact) mass is 527 g/mol. The molecule has 6 rings (SSSR count). The molecule has 1 fully saturated rings. The number of aromatic nitrogens is 2.